The molecule has 0 aliphatic rings. The van der Waals surface area contributed by atoms with Crippen LogP contribution >= 0.6 is 12.6 Å². The fourth-order valence-electron chi connectivity index (χ4n) is 1.31. The topological polar surface area (TPSA) is 72.2 Å². The van der Waals surface area contributed by atoms with E-state index in [1.807, 2.05) is 0 Å². The van der Waals surface area contributed by atoms with Gasteiger partial charge in [-0.25, -0.2) is 0 Å². The lowest BCUT2D eigenvalue weighted by atomic mass is 10.1. The molecule has 5 heteroatoms. The van der Waals surface area contributed by atoms with Crippen LogP contribution in [0.4, 0.5) is 0 Å². The number of hydrogen-bond donors (Lipinski definition) is 3. The number of thiol groups is 1. The van der Waals surface area contributed by atoms with Gasteiger partial charge in [-0.3, -0.25) is 9.59 Å². The summed E-state index contributed by atoms with van der Waals surface area (Å²) in [7, 11) is 0. The summed E-state index contributed by atoms with van der Waals surface area (Å²) in [6.07, 6.45) is 0.131. The van der Waals surface area contributed by atoms with Crippen LogP contribution in [0.2, 0.25) is 0 Å². The van der Waals surface area contributed by atoms with Crippen molar-refractivity contribution in [3.8, 4) is 0 Å². The maximum atomic E-state index is 11.7. The Morgan fingerprint density at radius 1 is 1.50 bits per heavy atom. The summed E-state index contributed by atoms with van der Waals surface area (Å²) in [6, 6.07) is 6.61. The zero-order chi connectivity index (χ0) is 12.1. The Hall–Kier alpha value is -1.49. The molecule has 3 N–H and O–H groups in total. The van der Waals surface area contributed by atoms with Crippen LogP contribution in [-0.4, -0.2) is 17.9 Å². The van der Waals surface area contributed by atoms with Crippen molar-refractivity contribution in [1.29, 1.82) is 0 Å². The van der Waals surface area contributed by atoms with Gasteiger partial charge in [0.15, 0.2) is 0 Å². The van der Waals surface area contributed by atoms with E-state index in [-0.39, 0.29) is 18.4 Å². The van der Waals surface area contributed by atoms with Gasteiger partial charge in [-0.1, -0.05) is 6.07 Å². The molecule has 1 unspecified atom stereocenters. The molecular formula is C11H14N2O2S. The van der Waals surface area contributed by atoms with Gasteiger partial charge in [-0.05, 0) is 25.1 Å². The predicted molar refractivity (Wildman–Crippen MR) is 64.4 cm³/mol. The number of carbonyl (C=O) groups is 2. The highest BCUT2D eigenvalue weighted by Gasteiger charge is 2.11. The van der Waals surface area contributed by atoms with E-state index in [0.717, 1.165) is 4.90 Å². The third-order valence-electron chi connectivity index (χ3n) is 1.99. The summed E-state index contributed by atoms with van der Waals surface area (Å²) >= 11 is 4.14. The second kappa shape index (κ2) is 5.55. The summed E-state index contributed by atoms with van der Waals surface area (Å²) in [5.41, 5.74) is 5.55. The number of primary amides is 1. The molecule has 0 aliphatic carbocycles. The van der Waals surface area contributed by atoms with Gasteiger partial charge in [-0.2, -0.15) is 0 Å². The molecule has 0 spiro atoms. The van der Waals surface area contributed by atoms with E-state index in [9.17, 15) is 9.59 Å². The second-order valence-electron chi connectivity index (χ2n) is 3.60. The molecule has 0 aromatic heterocycles. The first-order valence-electron chi connectivity index (χ1n) is 4.87. The van der Waals surface area contributed by atoms with Crippen LogP contribution in [0.25, 0.3) is 0 Å². The van der Waals surface area contributed by atoms with Gasteiger partial charge >= 0.3 is 0 Å². The van der Waals surface area contributed by atoms with E-state index < -0.39 is 5.91 Å². The second-order valence-corrected chi connectivity index (χ2v) is 4.11. The SMILES string of the molecule is CC(CC(N)=O)NC(=O)c1cccc(S)c1. The van der Waals surface area contributed by atoms with Crippen molar-refractivity contribution < 1.29 is 9.59 Å². The minimum absolute atomic E-state index is 0.131. The van der Waals surface area contributed by atoms with Gasteiger partial charge in [0.2, 0.25) is 5.91 Å². The van der Waals surface area contributed by atoms with Crippen LogP contribution in [0.1, 0.15) is 23.7 Å². The highest BCUT2D eigenvalue weighted by Crippen LogP contribution is 2.09. The van der Waals surface area contributed by atoms with Crippen molar-refractivity contribution in [2.45, 2.75) is 24.3 Å². The lowest BCUT2D eigenvalue weighted by Gasteiger charge is -2.11. The Kier molecular flexibility index (Phi) is 4.37. The minimum Gasteiger partial charge on any atom is -0.370 e. The van der Waals surface area contributed by atoms with Gasteiger partial charge in [0.1, 0.15) is 0 Å². The average Bonchev–Trinajstić information content (AvgIpc) is 2.16. The van der Waals surface area contributed by atoms with Crippen molar-refractivity contribution in [1.82, 2.24) is 5.32 Å². The molecule has 0 fully saturated rings. The normalized spacial score (nSPS) is 11.9. The van der Waals surface area contributed by atoms with Crippen LogP contribution in [0.3, 0.4) is 0 Å². The van der Waals surface area contributed by atoms with Gasteiger partial charge < -0.3 is 11.1 Å². The Morgan fingerprint density at radius 3 is 2.75 bits per heavy atom. The predicted octanol–water partition coefficient (Wildman–Crippen LogP) is 0.969. The van der Waals surface area contributed by atoms with Gasteiger partial charge in [0.25, 0.3) is 5.91 Å². The molecule has 16 heavy (non-hydrogen) atoms. The maximum absolute atomic E-state index is 11.7. The van der Waals surface area contributed by atoms with Gasteiger partial charge in [0.05, 0.1) is 0 Å². The van der Waals surface area contributed by atoms with E-state index in [4.69, 9.17) is 5.73 Å². The number of benzene rings is 1. The molecule has 0 radical (unpaired) electrons. The minimum atomic E-state index is -0.434. The van der Waals surface area contributed by atoms with Crippen molar-refractivity contribution >= 4 is 24.4 Å². The number of rotatable bonds is 4. The molecule has 0 saturated heterocycles. The largest absolute Gasteiger partial charge is 0.370 e. The molecule has 1 atom stereocenters. The lowest BCUT2D eigenvalue weighted by molar-refractivity contribution is -0.118. The van der Waals surface area contributed by atoms with Crippen LogP contribution in [0.15, 0.2) is 29.2 Å². The Labute approximate surface area is 99.6 Å². The molecule has 0 heterocycles. The smallest absolute Gasteiger partial charge is 0.251 e. The number of hydrogen-bond acceptors (Lipinski definition) is 3. The standard InChI is InChI=1S/C11H14N2O2S/c1-7(5-10(12)14)13-11(15)8-3-2-4-9(16)6-8/h2-4,6-7,16H,5H2,1H3,(H2,12,14)(H,13,15). The summed E-state index contributed by atoms with van der Waals surface area (Å²) < 4.78 is 0. The number of nitrogens with two attached hydrogens (primary N) is 1. The van der Waals surface area contributed by atoms with E-state index in [1.165, 1.54) is 0 Å². The van der Waals surface area contributed by atoms with Crippen molar-refractivity contribution in [2.24, 2.45) is 5.73 Å². The molecule has 0 saturated carbocycles. The summed E-state index contributed by atoms with van der Waals surface area (Å²) in [6.45, 7) is 1.73. The van der Waals surface area contributed by atoms with Gasteiger partial charge in [0, 0.05) is 22.9 Å². The van der Waals surface area contributed by atoms with E-state index in [0.29, 0.717) is 5.56 Å². The molecule has 1 rings (SSSR count). The first-order valence-corrected chi connectivity index (χ1v) is 5.32. The van der Waals surface area contributed by atoms with Crippen molar-refractivity contribution in [2.75, 3.05) is 0 Å². The molecule has 0 aliphatic heterocycles. The van der Waals surface area contributed by atoms with Crippen LogP contribution in [0.5, 0.6) is 0 Å². The highest BCUT2D eigenvalue weighted by molar-refractivity contribution is 7.80. The fourth-order valence-corrected chi connectivity index (χ4v) is 1.53. The first kappa shape index (κ1) is 12.6. The zero-order valence-electron chi connectivity index (χ0n) is 8.93. The number of carbonyl (C=O) groups excluding carboxylic acids is 2. The zero-order valence-corrected chi connectivity index (χ0v) is 9.83. The van der Waals surface area contributed by atoms with Gasteiger partial charge in [-0.15, -0.1) is 12.6 Å². The molecule has 4 nitrogen and oxygen atoms in total. The summed E-state index contributed by atoms with van der Waals surface area (Å²) in [5.74, 6) is -0.666. The third kappa shape index (κ3) is 3.94. The Bertz CT molecular complexity index is 407. The fraction of sp³-hybridized carbons (Fsp3) is 0.273. The number of amides is 2. The molecule has 1 aromatic rings. The summed E-state index contributed by atoms with van der Waals surface area (Å²) in [4.78, 5) is 23.0. The van der Waals surface area contributed by atoms with Crippen LogP contribution < -0.4 is 11.1 Å². The van der Waals surface area contributed by atoms with E-state index in [2.05, 4.69) is 17.9 Å². The molecule has 0 bridgehead atoms. The monoisotopic (exact) mass is 238 g/mol. The molecule has 1 aromatic carbocycles. The first-order chi connectivity index (χ1) is 7.49. The lowest BCUT2D eigenvalue weighted by Crippen LogP contribution is -2.35. The summed E-state index contributed by atoms with van der Waals surface area (Å²) in [5, 5.41) is 2.68. The van der Waals surface area contributed by atoms with Crippen LogP contribution in [-0.2, 0) is 4.79 Å². The van der Waals surface area contributed by atoms with E-state index >= 15 is 0 Å². The van der Waals surface area contributed by atoms with Crippen molar-refractivity contribution in [3.63, 3.8) is 0 Å². The van der Waals surface area contributed by atoms with Crippen LogP contribution in [0, 0.1) is 0 Å². The molecule has 2 amide bonds. The average molecular weight is 238 g/mol. The number of nitrogens with one attached hydrogen (secondary N) is 1. The van der Waals surface area contributed by atoms with E-state index in [1.54, 1.807) is 31.2 Å². The Morgan fingerprint density at radius 2 is 2.19 bits per heavy atom. The maximum Gasteiger partial charge on any atom is 0.251 e. The third-order valence-corrected chi connectivity index (χ3v) is 2.27. The quantitative estimate of drug-likeness (QED) is 0.684. The highest BCUT2D eigenvalue weighted by atomic mass is 32.1. The molecule has 86 valence electrons. The van der Waals surface area contributed by atoms with Crippen molar-refractivity contribution in [3.05, 3.63) is 29.8 Å². The Balaban J connectivity index is 2.62. The molecular weight excluding hydrogens is 224 g/mol.